The first-order valence-electron chi connectivity index (χ1n) is 3.94. The molecule has 100 valence electrons. The van der Waals surface area contributed by atoms with E-state index in [2.05, 4.69) is 9.26 Å². The molecule has 9 nitrogen and oxygen atoms in total. The van der Waals surface area contributed by atoms with Crippen LogP contribution in [0.2, 0.25) is 0 Å². The molecule has 0 aliphatic carbocycles. The Morgan fingerprint density at radius 1 is 1.47 bits per heavy atom. The van der Waals surface area contributed by atoms with Gasteiger partial charge in [-0.3, -0.25) is 9.79 Å². The Morgan fingerprint density at radius 2 is 2.00 bits per heavy atom. The number of phosphoric acid groups is 1. The van der Waals surface area contributed by atoms with Crippen LogP contribution >= 0.6 is 7.82 Å². The number of aliphatic hydroxyl groups excluding tert-OH is 3. The minimum Gasteiger partial charge on any atom is -0.499 e. The van der Waals surface area contributed by atoms with Crippen molar-refractivity contribution in [2.24, 2.45) is 0 Å². The molecule has 0 aromatic carbocycles. The van der Waals surface area contributed by atoms with Crippen molar-refractivity contribution in [3.8, 4) is 0 Å². The average molecular weight is 413 g/mol. The number of hydrogen-bond acceptors (Lipinski definition) is 7. The van der Waals surface area contributed by atoms with Crippen molar-refractivity contribution in [1.29, 1.82) is 0 Å². The predicted octanol–water partition coefficient (Wildman–Crippen LogP) is -1.86. The van der Waals surface area contributed by atoms with Crippen LogP contribution in [-0.2, 0) is 18.6 Å². The van der Waals surface area contributed by atoms with Gasteiger partial charge in [0.1, 0.15) is 6.10 Å². The van der Waals surface area contributed by atoms with Gasteiger partial charge in [0.15, 0.2) is 6.10 Å². The van der Waals surface area contributed by atoms with Crippen LogP contribution in [0.25, 0.3) is 0 Å². The molecule has 0 saturated carbocycles. The predicted molar refractivity (Wildman–Crippen MR) is 45.8 cm³/mol. The number of rotatable bonds is 4. The summed E-state index contributed by atoms with van der Waals surface area (Å²) in [5.41, 5.74) is 0. The van der Waals surface area contributed by atoms with Gasteiger partial charge in [-0.1, -0.05) is 0 Å². The zero-order chi connectivity index (χ0) is 12.5. The largest absolute Gasteiger partial charge is 0.524 e. The second-order valence-electron chi connectivity index (χ2n) is 2.87. The first-order valence-corrected chi connectivity index (χ1v) is 5.47. The quantitative estimate of drug-likeness (QED) is 0.264. The fourth-order valence-electron chi connectivity index (χ4n) is 1.03. The van der Waals surface area contributed by atoms with Gasteiger partial charge in [-0.25, -0.2) is 9.36 Å². The van der Waals surface area contributed by atoms with Crippen LogP contribution < -0.4 is 0 Å². The summed E-state index contributed by atoms with van der Waals surface area (Å²) in [6.45, 7) is -0.848. The van der Waals surface area contributed by atoms with Crippen LogP contribution in [0.15, 0.2) is 11.5 Å². The second kappa shape index (κ2) is 6.39. The van der Waals surface area contributed by atoms with E-state index in [0.29, 0.717) is 0 Å². The minimum absolute atomic E-state index is 0. The van der Waals surface area contributed by atoms with E-state index in [-0.39, 0.29) is 39.9 Å². The molecule has 0 bridgehead atoms. The Balaban J connectivity index is 0.00000256. The Hall–Kier alpha value is 0.205. The molecule has 17 heavy (non-hydrogen) atoms. The van der Waals surface area contributed by atoms with Crippen LogP contribution in [0.5, 0.6) is 0 Å². The number of carbonyl (C=O) groups excluding carboxylic acids is 1. The number of hydrogen-bond donors (Lipinski definition) is 5. The van der Waals surface area contributed by atoms with E-state index in [1.807, 2.05) is 0 Å². The number of phosphoric ester groups is 1. The van der Waals surface area contributed by atoms with Gasteiger partial charge in [-0.2, -0.15) is 0 Å². The summed E-state index contributed by atoms with van der Waals surface area (Å²) in [7, 11) is -5.01. The summed E-state index contributed by atoms with van der Waals surface area (Å²) in [6, 6.07) is 0. The van der Waals surface area contributed by atoms with Gasteiger partial charge in [0, 0.05) is 39.9 Å². The second-order valence-corrected chi connectivity index (χ2v) is 4.03. The zero-order valence-electron chi connectivity index (χ0n) is 8.03. The molecule has 0 fully saturated rings. The SMILES string of the molecule is O=C1O[C@H]([C@@H](O)CO)C(OP(=O)(O)O)=C1O.[Gd]. The average Bonchev–Trinajstić information content (AvgIpc) is 2.43. The van der Waals surface area contributed by atoms with Gasteiger partial charge in [-0.05, 0) is 0 Å². The van der Waals surface area contributed by atoms with Crippen LogP contribution in [0.4, 0.5) is 0 Å². The van der Waals surface area contributed by atoms with E-state index < -0.39 is 44.1 Å². The number of ether oxygens (including phenoxy) is 1. The fraction of sp³-hybridized carbons (Fsp3) is 0.500. The molecular formula is C6H9GdO9P. The molecule has 0 radical (unpaired) electrons. The maximum atomic E-state index is 10.8. The summed E-state index contributed by atoms with van der Waals surface area (Å²) in [4.78, 5) is 27.8. The van der Waals surface area contributed by atoms with Gasteiger partial charge in [0.2, 0.25) is 11.5 Å². The Morgan fingerprint density at radius 3 is 2.41 bits per heavy atom. The van der Waals surface area contributed by atoms with Crippen molar-refractivity contribution < 1.29 is 83.7 Å². The van der Waals surface area contributed by atoms with Gasteiger partial charge < -0.3 is 24.6 Å². The minimum atomic E-state index is -5.01. The van der Waals surface area contributed by atoms with Crippen molar-refractivity contribution in [2.45, 2.75) is 12.2 Å². The standard InChI is InChI=1S/C6H9O9P.Gd/c7-1-2(8)4-5(15-16(11,12)13)3(9)6(10)14-4;/h2,4,7-9H,1H2,(H2,11,12,13);/t2-,4+;/m0./s1. The first kappa shape index (κ1) is 17.2. The van der Waals surface area contributed by atoms with Crippen molar-refractivity contribution in [3.05, 3.63) is 11.5 Å². The Labute approximate surface area is 127 Å². The molecule has 0 spiro atoms. The topological polar surface area (TPSA) is 154 Å². The van der Waals surface area contributed by atoms with Gasteiger partial charge >= 0.3 is 13.8 Å². The van der Waals surface area contributed by atoms with Crippen molar-refractivity contribution >= 4 is 13.8 Å². The smallest absolute Gasteiger partial charge is 0.499 e. The third kappa shape index (κ3) is 4.42. The maximum absolute atomic E-state index is 10.8. The summed E-state index contributed by atoms with van der Waals surface area (Å²) < 4.78 is 18.9. The van der Waals surface area contributed by atoms with E-state index >= 15 is 0 Å². The van der Waals surface area contributed by atoms with E-state index in [1.54, 1.807) is 0 Å². The van der Waals surface area contributed by atoms with Gasteiger partial charge in [0.25, 0.3) is 0 Å². The monoisotopic (exact) mass is 414 g/mol. The van der Waals surface area contributed by atoms with E-state index in [9.17, 15) is 9.36 Å². The van der Waals surface area contributed by atoms with Crippen LogP contribution in [-0.4, -0.2) is 49.9 Å². The van der Waals surface area contributed by atoms with E-state index in [4.69, 9.17) is 25.1 Å². The third-order valence-electron chi connectivity index (χ3n) is 1.67. The molecule has 5 N–H and O–H groups in total. The fourth-order valence-corrected chi connectivity index (χ4v) is 1.48. The molecule has 11 heteroatoms. The van der Waals surface area contributed by atoms with Crippen molar-refractivity contribution in [1.82, 2.24) is 0 Å². The maximum Gasteiger partial charge on any atom is 0.524 e. The summed E-state index contributed by atoms with van der Waals surface area (Å²) in [5.74, 6) is -3.36. The van der Waals surface area contributed by atoms with Gasteiger partial charge in [0.05, 0.1) is 6.61 Å². The van der Waals surface area contributed by atoms with Crippen LogP contribution in [0, 0.1) is 39.9 Å². The molecule has 0 aromatic rings. The molecule has 1 aliphatic rings. The molecule has 1 rings (SSSR count). The molecule has 1 aliphatic heterocycles. The molecule has 1 heterocycles. The van der Waals surface area contributed by atoms with Gasteiger partial charge in [-0.15, -0.1) is 0 Å². The molecule has 0 unspecified atom stereocenters. The van der Waals surface area contributed by atoms with E-state index in [1.165, 1.54) is 0 Å². The molecule has 2 atom stereocenters. The molecule has 0 amide bonds. The zero-order valence-corrected chi connectivity index (χ0v) is 11.2. The van der Waals surface area contributed by atoms with Crippen LogP contribution in [0.3, 0.4) is 0 Å². The number of esters is 1. The Kier molecular flexibility index (Phi) is 6.47. The number of aliphatic hydroxyl groups is 3. The van der Waals surface area contributed by atoms with E-state index in [0.717, 1.165) is 0 Å². The normalized spacial score (nSPS) is 21.9. The molecule has 0 saturated heterocycles. The number of carbonyl (C=O) groups is 1. The van der Waals surface area contributed by atoms with Crippen molar-refractivity contribution in [3.63, 3.8) is 0 Å². The summed E-state index contributed by atoms with van der Waals surface area (Å²) in [5, 5.41) is 26.8. The summed E-state index contributed by atoms with van der Waals surface area (Å²) >= 11 is 0. The summed E-state index contributed by atoms with van der Waals surface area (Å²) in [6.07, 6.45) is -3.31. The van der Waals surface area contributed by atoms with Crippen molar-refractivity contribution in [2.75, 3.05) is 6.61 Å². The Bertz CT molecular complexity index is 374. The van der Waals surface area contributed by atoms with Crippen LogP contribution in [0.1, 0.15) is 0 Å². The third-order valence-corrected chi connectivity index (χ3v) is 2.11. The molecular weight excluding hydrogens is 404 g/mol. The first-order chi connectivity index (χ1) is 7.26. The number of cyclic esters (lactones) is 1. The molecule has 0 aromatic heterocycles.